The topological polar surface area (TPSA) is 62.9 Å². The van der Waals surface area contributed by atoms with Gasteiger partial charge < -0.3 is 14.3 Å². The van der Waals surface area contributed by atoms with E-state index in [0.717, 1.165) is 31.6 Å². The maximum Gasteiger partial charge on any atom is 0.373 e. The third-order valence-corrected chi connectivity index (χ3v) is 4.23. The van der Waals surface area contributed by atoms with E-state index in [0.29, 0.717) is 5.92 Å². The van der Waals surface area contributed by atoms with Crippen LogP contribution < -0.4 is 0 Å². The molecule has 1 aliphatic rings. The van der Waals surface area contributed by atoms with Gasteiger partial charge in [0.15, 0.2) is 0 Å². The summed E-state index contributed by atoms with van der Waals surface area (Å²) in [5, 5.41) is 9.89. The molecule has 0 bridgehead atoms. The number of aliphatic hydroxyl groups excluding tert-OH is 1. The highest BCUT2D eigenvalue weighted by atomic mass is 16.5. The van der Waals surface area contributed by atoms with Crippen molar-refractivity contribution in [2.75, 3.05) is 20.7 Å². The molecule has 5 heteroatoms. The number of furan rings is 1. The molecule has 112 valence electrons. The monoisotopic (exact) mass is 281 g/mol. The Morgan fingerprint density at radius 1 is 1.55 bits per heavy atom. The molecule has 3 atom stereocenters. The van der Waals surface area contributed by atoms with Gasteiger partial charge in [-0.3, -0.25) is 4.90 Å². The Balaban J connectivity index is 1.97. The molecular weight excluding hydrogens is 258 g/mol. The standard InChI is InChI=1S/C15H23NO4/c1-10(13-7-8-14(20-13)15(18)19-3)16(2)9-11-5-4-6-12(11)17/h7-8,10-12,17H,4-6,9H2,1-3H3/t10-,11-,12-/m0/s1. The van der Waals surface area contributed by atoms with Crippen molar-refractivity contribution in [1.82, 2.24) is 4.90 Å². The Hall–Kier alpha value is -1.33. The van der Waals surface area contributed by atoms with Crippen LogP contribution in [0.1, 0.15) is 48.5 Å². The molecule has 0 radical (unpaired) electrons. The van der Waals surface area contributed by atoms with Crippen molar-refractivity contribution in [1.29, 1.82) is 0 Å². The van der Waals surface area contributed by atoms with Crippen molar-refractivity contribution < 1.29 is 19.1 Å². The number of aliphatic hydroxyl groups is 1. The Bertz CT molecular complexity index is 456. The van der Waals surface area contributed by atoms with Crippen LogP contribution >= 0.6 is 0 Å². The molecule has 0 aromatic carbocycles. The second-order valence-corrected chi connectivity index (χ2v) is 5.57. The fraction of sp³-hybridized carbons (Fsp3) is 0.667. The molecule has 1 N–H and O–H groups in total. The number of carbonyl (C=O) groups is 1. The van der Waals surface area contributed by atoms with Crippen LogP contribution in [0.4, 0.5) is 0 Å². The number of hydrogen-bond donors (Lipinski definition) is 1. The number of nitrogens with zero attached hydrogens (tertiary/aromatic N) is 1. The molecular formula is C15H23NO4. The third kappa shape index (κ3) is 3.22. The van der Waals surface area contributed by atoms with E-state index in [-0.39, 0.29) is 17.9 Å². The van der Waals surface area contributed by atoms with E-state index in [2.05, 4.69) is 9.64 Å². The first-order valence-electron chi connectivity index (χ1n) is 7.09. The lowest BCUT2D eigenvalue weighted by molar-refractivity contribution is 0.0557. The highest BCUT2D eigenvalue weighted by molar-refractivity contribution is 5.86. The fourth-order valence-electron chi connectivity index (χ4n) is 2.76. The smallest absolute Gasteiger partial charge is 0.373 e. The van der Waals surface area contributed by atoms with Gasteiger partial charge in [0, 0.05) is 6.54 Å². The van der Waals surface area contributed by atoms with Gasteiger partial charge in [0.2, 0.25) is 5.76 Å². The lowest BCUT2D eigenvalue weighted by Crippen LogP contribution is -2.31. The zero-order valence-electron chi connectivity index (χ0n) is 12.3. The van der Waals surface area contributed by atoms with Crippen molar-refractivity contribution in [2.24, 2.45) is 5.92 Å². The molecule has 1 heterocycles. The molecule has 0 aliphatic heterocycles. The zero-order valence-corrected chi connectivity index (χ0v) is 12.3. The van der Waals surface area contributed by atoms with Gasteiger partial charge in [-0.15, -0.1) is 0 Å². The van der Waals surface area contributed by atoms with E-state index < -0.39 is 5.97 Å². The van der Waals surface area contributed by atoms with Gasteiger partial charge in [0.1, 0.15) is 5.76 Å². The van der Waals surface area contributed by atoms with E-state index in [1.54, 1.807) is 12.1 Å². The number of esters is 1. The van der Waals surface area contributed by atoms with Crippen LogP contribution in [0.3, 0.4) is 0 Å². The van der Waals surface area contributed by atoms with Crippen molar-refractivity contribution in [2.45, 2.75) is 38.3 Å². The summed E-state index contributed by atoms with van der Waals surface area (Å²) in [4.78, 5) is 13.5. The van der Waals surface area contributed by atoms with E-state index in [1.165, 1.54) is 7.11 Å². The fourth-order valence-corrected chi connectivity index (χ4v) is 2.76. The molecule has 1 saturated carbocycles. The minimum atomic E-state index is -0.461. The number of carbonyl (C=O) groups excluding carboxylic acids is 1. The molecule has 5 nitrogen and oxygen atoms in total. The Kier molecular flexibility index (Phi) is 4.83. The van der Waals surface area contributed by atoms with Crippen molar-refractivity contribution >= 4 is 5.97 Å². The van der Waals surface area contributed by atoms with Gasteiger partial charge in [-0.05, 0) is 44.9 Å². The first-order chi connectivity index (χ1) is 9.52. The van der Waals surface area contributed by atoms with Crippen LogP contribution in [0.15, 0.2) is 16.5 Å². The van der Waals surface area contributed by atoms with E-state index in [1.807, 2.05) is 14.0 Å². The van der Waals surface area contributed by atoms with Crippen LogP contribution in [0.5, 0.6) is 0 Å². The second-order valence-electron chi connectivity index (χ2n) is 5.57. The lowest BCUT2D eigenvalue weighted by atomic mass is 10.0. The predicted molar refractivity (Wildman–Crippen MR) is 74.4 cm³/mol. The normalized spacial score (nSPS) is 24.1. The highest BCUT2D eigenvalue weighted by Gasteiger charge is 2.28. The minimum Gasteiger partial charge on any atom is -0.463 e. The summed E-state index contributed by atoms with van der Waals surface area (Å²) < 4.78 is 10.2. The quantitative estimate of drug-likeness (QED) is 0.838. The zero-order chi connectivity index (χ0) is 14.7. The van der Waals surface area contributed by atoms with Crippen molar-refractivity contribution in [3.63, 3.8) is 0 Å². The molecule has 0 unspecified atom stereocenters. The maximum absolute atomic E-state index is 11.4. The van der Waals surface area contributed by atoms with Gasteiger partial charge in [0.05, 0.1) is 19.3 Å². The highest BCUT2D eigenvalue weighted by Crippen LogP contribution is 2.29. The summed E-state index contributed by atoms with van der Waals surface area (Å²) in [7, 11) is 3.34. The molecule has 1 aliphatic carbocycles. The summed E-state index contributed by atoms with van der Waals surface area (Å²) in [6.45, 7) is 2.86. The van der Waals surface area contributed by atoms with E-state index in [9.17, 15) is 9.90 Å². The largest absolute Gasteiger partial charge is 0.463 e. The molecule has 2 rings (SSSR count). The van der Waals surface area contributed by atoms with Gasteiger partial charge in [-0.2, -0.15) is 0 Å². The van der Waals surface area contributed by atoms with E-state index in [4.69, 9.17) is 4.42 Å². The maximum atomic E-state index is 11.4. The van der Waals surface area contributed by atoms with Gasteiger partial charge >= 0.3 is 5.97 Å². The van der Waals surface area contributed by atoms with Crippen LogP contribution in [-0.4, -0.2) is 42.8 Å². The molecule has 20 heavy (non-hydrogen) atoms. The average molecular weight is 281 g/mol. The Labute approximate surface area is 119 Å². The minimum absolute atomic E-state index is 0.0567. The summed E-state index contributed by atoms with van der Waals surface area (Å²) in [6, 6.07) is 3.50. The molecule has 1 fully saturated rings. The Morgan fingerprint density at radius 2 is 2.30 bits per heavy atom. The molecule has 1 aromatic heterocycles. The lowest BCUT2D eigenvalue weighted by Gasteiger charge is -2.27. The number of hydrogen-bond acceptors (Lipinski definition) is 5. The molecule has 0 saturated heterocycles. The van der Waals surface area contributed by atoms with Crippen LogP contribution in [0, 0.1) is 5.92 Å². The first-order valence-corrected chi connectivity index (χ1v) is 7.09. The summed E-state index contributed by atoms with van der Waals surface area (Å²) in [5.41, 5.74) is 0. The van der Waals surface area contributed by atoms with E-state index >= 15 is 0 Å². The second kappa shape index (κ2) is 6.41. The van der Waals surface area contributed by atoms with Crippen LogP contribution in [-0.2, 0) is 4.74 Å². The summed E-state index contributed by atoms with van der Waals surface area (Å²) in [6.07, 6.45) is 2.89. The predicted octanol–water partition coefficient (Wildman–Crippen LogP) is 2.22. The molecule has 0 amide bonds. The third-order valence-electron chi connectivity index (χ3n) is 4.23. The van der Waals surface area contributed by atoms with Gasteiger partial charge in [-0.25, -0.2) is 4.79 Å². The van der Waals surface area contributed by atoms with Crippen LogP contribution in [0.2, 0.25) is 0 Å². The summed E-state index contributed by atoms with van der Waals surface area (Å²) >= 11 is 0. The molecule has 1 aromatic rings. The van der Waals surface area contributed by atoms with Gasteiger partial charge in [-0.1, -0.05) is 6.42 Å². The number of rotatable bonds is 5. The SMILES string of the molecule is COC(=O)c1ccc([C@H](C)N(C)C[C@@H]2CCC[C@@H]2O)o1. The summed E-state index contributed by atoms with van der Waals surface area (Å²) in [5.74, 6) is 0.832. The van der Waals surface area contributed by atoms with Gasteiger partial charge in [0.25, 0.3) is 0 Å². The first kappa shape index (κ1) is 15.1. The van der Waals surface area contributed by atoms with Crippen molar-refractivity contribution in [3.05, 3.63) is 23.7 Å². The van der Waals surface area contributed by atoms with Crippen molar-refractivity contribution in [3.8, 4) is 0 Å². The number of ether oxygens (including phenoxy) is 1. The van der Waals surface area contributed by atoms with Crippen LogP contribution in [0.25, 0.3) is 0 Å². The molecule has 0 spiro atoms. The Morgan fingerprint density at radius 3 is 2.90 bits per heavy atom. The number of methoxy groups -OCH3 is 1. The average Bonchev–Trinajstić information content (AvgIpc) is 3.07.